The molecule has 0 aliphatic heterocycles. The van der Waals surface area contributed by atoms with Crippen LogP contribution in [0.1, 0.15) is 46.7 Å². The Morgan fingerprint density at radius 2 is 1.04 bits per heavy atom. The Morgan fingerprint density at radius 1 is 0.608 bits per heavy atom. The summed E-state index contributed by atoms with van der Waals surface area (Å²) in [6.45, 7) is 0.362. The zero-order valence-corrected chi connectivity index (χ0v) is 30.0. The maximum Gasteiger partial charge on any atom is 0.342 e. The molecule has 278 valence electrons. The largest absolute Gasteiger partial charge is 0.508 e. The average molecular weight is 763 g/mol. The van der Waals surface area contributed by atoms with Crippen LogP contribution in [0.2, 0.25) is 0 Å². The summed E-state index contributed by atoms with van der Waals surface area (Å²) in [5.41, 5.74) is 1.72. The van der Waals surface area contributed by atoms with E-state index in [0.717, 1.165) is 9.79 Å². The first-order chi connectivity index (χ1) is 23.9. The van der Waals surface area contributed by atoms with Crippen LogP contribution in [0.4, 0.5) is 0 Å². The van der Waals surface area contributed by atoms with Crippen molar-refractivity contribution in [3.8, 4) is 23.0 Å². The van der Waals surface area contributed by atoms with E-state index >= 15 is 0 Å². The van der Waals surface area contributed by atoms with E-state index in [1.807, 2.05) is 60.7 Å². The first-order valence-corrected chi connectivity index (χ1v) is 17.3. The maximum atomic E-state index is 12.4. The summed E-state index contributed by atoms with van der Waals surface area (Å²) in [5.74, 6) is 1.53. The number of phenols is 1. The fourth-order valence-corrected chi connectivity index (χ4v) is 6.25. The second-order valence-electron chi connectivity index (χ2n) is 9.68. The normalized spacial score (nSPS) is 9.98. The van der Waals surface area contributed by atoms with Gasteiger partial charge in [-0.25, -0.2) is 9.59 Å². The molecule has 4 aromatic carbocycles. The summed E-state index contributed by atoms with van der Waals surface area (Å²) in [4.78, 5) is 26.7. The predicted octanol–water partition coefficient (Wildman–Crippen LogP) is 9.09. The number of alkyl halides is 1. The van der Waals surface area contributed by atoms with Gasteiger partial charge in [-0.3, -0.25) is 0 Å². The molecule has 4 aromatic rings. The Bertz CT molecular complexity index is 1610. The van der Waals surface area contributed by atoms with E-state index < -0.39 is 11.9 Å². The molecule has 0 heterocycles. The molecule has 10 nitrogen and oxygen atoms in total. The van der Waals surface area contributed by atoms with Crippen LogP contribution in [0.5, 0.6) is 23.0 Å². The standard InChI is InChI=1S/C19H21ClO5S.C17H18O5S.2CH4/c1-22-13-25-17-9-8-16(24-11-10-20)15(18(17)19(21)23-2)12-26-14-6-4-3-5-7-14;1-20-11-22-15-9-8-14(18)13(16(15)17(19)21-2)10-23-12-6-4-3-5-7-12;;/h3-9H,10-13H2,1-2H3;3-9,18H,10-11H2,1-2H3;2*1H4. The summed E-state index contributed by atoms with van der Waals surface area (Å²) >= 11 is 8.84. The van der Waals surface area contributed by atoms with Gasteiger partial charge in [-0.05, 0) is 48.5 Å². The minimum absolute atomic E-state index is 0. The quantitative estimate of drug-likeness (QED) is 0.0478. The highest BCUT2D eigenvalue weighted by Gasteiger charge is 2.24. The maximum absolute atomic E-state index is 12.4. The molecular weight excluding hydrogens is 716 g/mol. The molecule has 0 aliphatic rings. The highest BCUT2D eigenvalue weighted by Crippen LogP contribution is 2.37. The molecule has 51 heavy (non-hydrogen) atoms. The molecule has 4 rings (SSSR count). The Kier molecular flexibility index (Phi) is 22.0. The van der Waals surface area contributed by atoms with Gasteiger partial charge in [0.1, 0.15) is 40.7 Å². The third-order valence-electron chi connectivity index (χ3n) is 6.51. The zero-order chi connectivity index (χ0) is 35.4. The van der Waals surface area contributed by atoms with E-state index in [4.69, 9.17) is 44.8 Å². The van der Waals surface area contributed by atoms with Crippen molar-refractivity contribution in [1.29, 1.82) is 0 Å². The second-order valence-corrected chi connectivity index (χ2v) is 12.2. The van der Waals surface area contributed by atoms with Crippen molar-refractivity contribution in [2.45, 2.75) is 36.1 Å². The van der Waals surface area contributed by atoms with Gasteiger partial charge in [-0.15, -0.1) is 35.1 Å². The molecular formula is C38H47ClO10S2. The number of carbonyl (C=O) groups is 2. The second kappa shape index (κ2) is 25.0. The number of hydrogen-bond donors (Lipinski definition) is 1. The van der Waals surface area contributed by atoms with E-state index in [9.17, 15) is 14.7 Å². The number of hydrogen-bond acceptors (Lipinski definition) is 12. The van der Waals surface area contributed by atoms with Crippen LogP contribution < -0.4 is 14.2 Å². The third-order valence-corrected chi connectivity index (χ3v) is 8.74. The molecule has 0 saturated heterocycles. The van der Waals surface area contributed by atoms with Crippen LogP contribution in [0.15, 0.2) is 94.7 Å². The van der Waals surface area contributed by atoms with Gasteiger partial charge >= 0.3 is 11.9 Å². The van der Waals surface area contributed by atoms with Crippen molar-refractivity contribution in [2.24, 2.45) is 0 Å². The molecule has 0 unspecified atom stereocenters. The molecule has 0 spiro atoms. The molecule has 0 fully saturated rings. The molecule has 1 N–H and O–H groups in total. The van der Waals surface area contributed by atoms with Crippen LogP contribution in [0.25, 0.3) is 0 Å². The summed E-state index contributed by atoms with van der Waals surface area (Å²) in [7, 11) is 5.63. The lowest BCUT2D eigenvalue weighted by molar-refractivity contribution is 0.0456. The Morgan fingerprint density at radius 3 is 1.49 bits per heavy atom. The monoisotopic (exact) mass is 762 g/mol. The van der Waals surface area contributed by atoms with E-state index in [1.165, 1.54) is 52.3 Å². The number of methoxy groups -OCH3 is 4. The number of carbonyl (C=O) groups excluding carboxylic acids is 2. The Hall–Kier alpha value is -4.07. The Balaban J connectivity index is 0.000000494. The molecule has 0 atom stereocenters. The number of benzene rings is 4. The number of ether oxygens (including phenoxy) is 7. The lowest BCUT2D eigenvalue weighted by Gasteiger charge is -2.17. The number of halogens is 1. The third kappa shape index (κ3) is 13.9. The SMILES string of the molecule is C.C.COCOc1ccc(O)c(CSc2ccccc2)c1C(=O)OC.COCOc1ccc(OCCCl)c(CSc2ccccc2)c1C(=O)OC. The van der Waals surface area contributed by atoms with E-state index in [-0.39, 0.29) is 39.8 Å². The first-order valence-electron chi connectivity index (χ1n) is 14.8. The van der Waals surface area contributed by atoms with Crippen molar-refractivity contribution in [3.05, 3.63) is 107 Å². The van der Waals surface area contributed by atoms with Crippen molar-refractivity contribution >= 4 is 47.1 Å². The van der Waals surface area contributed by atoms with Crippen LogP contribution in [0.3, 0.4) is 0 Å². The lowest BCUT2D eigenvalue weighted by Crippen LogP contribution is -2.12. The number of aromatic hydroxyl groups is 1. The van der Waals surface area contributed by atoms with Crippen molar-refractivity contribution < 1.29 is 47.9 Å². The highest BCUT2D eigenvalue weighted by atomic mass is 35.5. The molecule has 13 heteroatoms. The van der Waals surface area contributed by atoms with Crippen molar-refractivity contribution in [2.75, 3.05) is 54.5 Å². The van der Waals surface area contributed by atoms with Gasteiger partial charge < -0.3 is 38.3 Å². The molecule has 0 amide bonds. The topological polar surface area (TPSA) is 119 Å². The first kappa shape index (κ1) is 45.0. The predicted molar refractivity (Wildman–Crippen MR) is 204 cm³/mol. The summed E-state index contributed by atoms with van der Waals surface area (Å²) < 4.78 is 36.3. The number of thioether (sulfide) groups is 2. The number of phenolic OH excluding ortho intramolecular Hbond substituents is 1. The summed E-state index contributed by atoms with van der Waals surface area (Å²) in [6.07, 6.45) is 0. The van der Waals surface area contributed by atoms with Gasteiger partial charge in [0.25, 0.3) is 0 Å². The smallest absolute Gasteiger partial charge is 0.342 e. The number of esters is 2. The number of rotatable bonds is 17. The van der Waals surface area contributed by atoms with Gasteiger partial charge in [0.15, 0.2) is 13.6 Å². The average Bonchev–Trinajstić information content (AvgIpc) is 3.14. The highest BCUT2D eigenvalue weighted by molar-refractivity contribution is 7.98. The van der Waals surface area contributed by atoms with Crippen LogP contribution in [-0.2, 0) is 30.5 Å². The van der Waals surface area contributed by atoms with Gasteiger partial charge in [-0.1, -0.05) is 51.3 Å². The molecule has 0 aromatic heterocycles. The van der Waals surface area contributed by atoms with E-state index in [0.29, 0.717) is 57.9 Å². The fourth-order valence-electron chi connectivity index (χ4n) is 4.28. The van der Waals surface area contributed by atoms with Gasteiger partial charge in [0.2, 0.25) is 0 Å². The molecule has 0 radical (unpaired) electrons. The molecule has 0 saturated carbocycles. The van der Waals surface area contributed by atoms with Gasteiger partial charge in [0, 0.05) is 46.6 Å². The molecule has 0 aliphatic carbocycles. The van der Waals surface area contributed by atoms with Gasteiger partial charge in [0.05, 0.1) is 20.1 Å². The fraction of sp³-hybridized carbons (Fsp3) is 0.316. The van der Waals surface area contributed by atoms with E-state index in [2.05, 4.69) is 0 Å². The summed E-state index contributed by atoms with van der Waals surface area (Å²) in [5, 5.41) is 10.2. The van der Waals surface area contributed by atoms with Crippen LogP contribution in [-0.4, -0.2) is 71.6 Å². The minimum Gasteiger partial charge on any atom is -0.508 e. The molecule has 0 bridgehead atoms. The minimum atomic E-state index is -0.560. The zero-order valence-electron chi connectivity index (χ0n) is 27.6. The van der Waals surface area contributed by atoms with Crippen molar-refractivity contribution in [1.82, 2.24) is 0 Å². The van der Waals surface area contributed by atoms with E-state index in [1.54, 1.807) is 23.9 Å². The van der Waals surface area contributed by atoms with Crippen LogP contribution in [0, 0.1) is 0 Å². The van der Waals surface area contributed by atoms with Gasteiger partial charge in [-0.2, -0.15) is 0 Å². The van der Waals surface area contributed by atoms with Crippen LogP contribution >= 0.6 is 35.1 Å². The lowest BCUT2D eigenvalue weighted by atomic mass is 10.1. The Labute approximate surface area is 314 Å². The van der Waals surface area contributed by atoms with Crippen molar-refractivity contribution in [3.63, 3.8) is 0 Å². The summed E-state index contributed by atoms with van der Waals surface area (Å²) in [6, 6.07) is 26.1.